The second-order valence-corrected chi connectivity index (χ2v) is 6.27. The van der Waals surface area contributed by atoms with Crippen LogP contribution in [-0.4, -0.2) is 29.7 Å². The van der Waals surface area contributed by atoms with Gasteiger partial charge in [0.15, 0.2) is 10.8 Å². The lowest BCUT2D eigenvalue weighted by Crippen LogP contribution is -2.26. The van der Waals surface area contributed by atoms with E-state index in [0.29, 0.717) is 0 Å². The molecule has 1 heterocycles. The molecule has 0 saturated heterocycles. The number of hydrogen-bond acceptors (Lipinski definition) is 4. The number of rotatable bonds is 4. The predicted octanol–water partition coefficient (Wildman–Crippen LogP) is 3.17. The van der Waals surface area contributed by atoms with Crippen molar-refractivity contribution in [2.45, 2.75) is 39.0 Å². The van der Waals surface area contributed by atoms with Gasteiger partial charge in [0, 0.05) is 18.5 Å². The molecule has 1 aliphatic carbocycles. The zero-order chi connectivity index (χ0) is 13.1. The monoisotopic (exact) mass is 268 g/mol. The molecule has 1 aromatic heterocycles. The highest BCUT2D eigenvalue weighted by atomic mass is 32.1. The lowest BCUT2D eigenvalue weighted by atomic mass is 9.89. The lowest BCUT2D eigenvalue weighted by Gasteiger charge is -2.26. The van der Waals surface area contributed by atoms with Gasteiger partial charge in [-0.1, -0.05) is 19.3 Å². The lowest BCUT2D eigenvalue weighted by molar-refractivity contribution is 0.0690. The smallest absolute Gasteiger partial charge is 0.355 e. The Morgan fingerprint density at radius 2 is 2.11 bits per heavy atom. The highest BCUT2D eigenvalue weighted by molar-refractivity contribution is 7.15. The van der Waals surface area contributed by atoms with E-state index in [0.717, 1.165) is 22.5 Å². The zero-order valence-corrected chi connectivity index (χ0v) is 11.8. The average molecular weight is 268 g/mol. The Morgan fingerprint density at radius 3 is 2.67 bits per heavy atom. The fourth-order valence-electron chi connectivity index (χ4n) is 2.58. The SMILES string of the molecule is Cc1sc(N(C)CC2CCCCC2)nc1C(=O)O. The van der Waals surface area contributed by atoms with Crippen molar-refractivity contribution in [1.29, 1.82) is 0 Å². The van der Waals surface area contributed by atoms with Gasteiger partial charge in [0.2, 0.25) is 0 Å². The molecule has 5 heteroatoms. The molecule has 1 fully saturated rings. The van der Waals surface area contributed by atoms with Crippen molar-refractivity contribution in [3.05, 3.63) is 10.6 Å². The molecule has 100 valence electrons. The molecular formula is C13H20N2O2S. The summed E-state index contributed by atoms with van der Waals surface area (Å²) < 4.78 is 0. The van der Waals surface area contributed by atoms with Gasteiger partial charge in [-0.2, -0.15) is 0 Å². The molecule has 0 aliphatic heterocycles. The van der Waals surface area contributed by atoms with Gasteiger partial charge in [-0.25, -0.2) is 9.78 Å². The second kappa shape index (κ2) is 5.69. The van der Waals surface area contributed by atoms with Crippen LogP contribution in [0.5, 0.6) is 0 Å². The van der Waals surface area contributed by atoms with Gasteiger partial charge in [-0.3, -0.25) is 0 Å². The standard InChI is InChI=1S/C13H20N2O2S/c1-9-11(12(16)17)14-13(18-9)15(2)8-10-6-4-3-5-7-10/h10H,3-8H2,1-2H3,(H,16,17). The fraction of sp³-hybridized carbons (Fsp3) is 0.692. The van der Waals surface area contributed by atoms with E-state index in [1.165, 1.54) is 43.4 Å². The van der Waals surface area contributed by atoms with Crippen LogP contribution >= 0.6 is 11.3 Å². The van der Waals surface area contributed by atoms with Crippen molar-refractivity contribution < 1.29 is 9.90 Å². The van der Waals surface area contributed by atoms with Gasteiger partial charge in [-0.15, -0.1) is 11.3 Å². The molecule has 4 nitrogen and oxygen atoms in total. The summed E-state index contributed by atoms with van der Waals surface area (Å²) in [4.78, 5) is 18.1. The van der Waals surface area contributed by atoms with E-state index < -0.39 is 5.97 Å². The van der Waals surface area contributed by atoms with Crippen molar-refractivity contribution in [3.63, 3.8) is 0 Å². The number of aryl methyl sites for hydroxylation is 1. The Morgan fingerprint density at radius 1 is 1.44 bits per heavy atom. The number of aromatic nitrogens is 1. The van der Waals surface area contributed by atoms with E-state index in [9.17, 15) is 4.79 Å². The van der Waals surface area contributed by atoms with E-state index in [1.807, 2.05) is 14.0 Å². The van der Waals surface area contributed by atoms with Crippen molar-refractivity contribution in [3.8, 4) is 0 Å². The van der Waals surface area contributed by atoms with E-state index >= 15 is 0 Å². The summed E-state index contributed by atoms with van der Waals surface area (Å²) in [5.74, 6) is -0.192. The minimum atomic E-state index is -0.930. The number of carboxylic acids is 1. The maximum absolute atomic E-state index is 11.0. The second-order valence-electron chi connectivity index (χ2n) is 5.09. The summed E-state index contributed by atoms with van der Waals surface area (Å²) in [7, 11) is 2.01. The van der Waals surface area contributed by atoms with Crippen LogP contribution in [0.4, 0.5) is 5.13 Å². The Bertz CT molecular complexity index is 425. The number of hydrogen-bond donors (Lipinski definition) is 1. The molecule has 1 N–H and O–H groups in total. The van der Waals surface area contributed by atoms with Crippen LogP contribution < -0.4 is 4.90 Å². The quantitative estimate of drug-likeness (QED) is 0.911. The first-order chi connectivity index (χ1) is 8.58. The minimum absolute atomic E-state index is 0.200. The third-order valence-electron chi connectivity index (χ3n) is 3.57. The van der Waals surface area contributed by atoms with E-state index in [1.54, 1.807) is 0 Å². The molecule has 1 aromatic rings. The molecular weight excluding hydrogens is 248 g/mol. The molecule has 0 bridgehead atoms. The number of nitrogens with zero attached hydrogens (tertiary/aromatic N) is 2. The van der Waals surface area contributed by atoms with Crippen LogP contribution in [0.3, 0.4) is 0 Å². The van der Waals surface area contributed by atoms with Crippen molar-refractivity contribution in [1.82, 2.24) is 4.98 Å². The summed E-state index contributed by atoms with van der Waals surface area (Å²) in [6.45, 7) is 2.81. The molecule has 18 heavy (non-hydrogen) atoms. The summed E-state index contributed by atoms with van der Waals surface area (Å²) in [5.41, 5.74) is 0.200. The Hall–Kier alpha value is -1.10. The first-order valence-corrected chi connectivity index (χ1v) is 7.31. The molecule has 0 spiro atoms. The highest BCUT2D eigenvalue weighted by Gasteiger charge is 2.20. The average Bonchev–Trinajstić information content (AvgIpc) is 2.73. The fourth-order valence-corrected chi connectivity index (χ4v) is 3.45. The predicted molar refractivity (Wildman–Crippen MR) is 73.7 cm³/mol. The van der Waals surface area contributed by atoms with Gasteiger partial charge in [0.1, 0.15) is 0 Å². The molecule has 0 amide bonds. The third-order valence-corrected chi connectivity index (χ3v) is 4.66. The topological polar surface area (TPSA) is 53.4 Å². The van der Waals surface area contributed by atoms with Gasteiger partial charge < -0.3 is 10.0 Å². The van der Waals surface area contributed by atoms with Crippen LogP contribution in [0, 0.1) is 12.8 Å². The van der Waals surface area contributed by atoms with Gasteiger partial charge in [0.05, 0.1) is 0 Å². The van der Waals surface area contributed by atoms with E-state index in [2.05, 4.69) is 9.88 Å². The van der Waals surface area contributed by atoms with Crippen molar-refractivity contribution in [2.75, 3.05) is 18.5 Å². The highest BCUT2D eigenvalue weighted by Crippen LogP contribution is 2.29. The normalized spacial score (nSPS) is 16.8. The molecule has 0 aromatic carbocycles. The molecule has 1 aliphatic rings. The van der Waals surface area contributed by atoms with Crippen LogP contribution in [0.1, 0.15) is 47.5 Å². The largest absolute Gasteiger partial charge is 0.476 e. The summed E-state index contributed by atoms with van der Waals surface area (Å²) >= 11 is 1.47. The number of anilines is 1. The third kappa shape index (κ3) is 3.02. The number of carbonyl (C=O) groups is 1. The summed E-state index contributed by atoms with van der Waals surface area (Å²) in [6.07, 6.45) is 6.60. The number of thiazole rings is 1. The Balaban J connectivity index is 2.01. The molecule has 1 saturated carbocycles. The Labute approximate surface area is 112 Å². The van der Waals surface area contributed by atoms with Gasteiger partial charge >= 0.3 is 5.97 Å². The van der Waals surface area contributed by atoms with Crippen molar-refractivity contribution in [2.24, 2.45) is 5.92 Å². The number of carboxylic acid groups (broad SMARTS) is 1. The van der Waals surface area contributed by atoms with Crippen LogP contribution in [-0.2, 0) is 0 Å². The maximum atomic E-state index is 11.0. The summed E-state index contributed by atoms with van der Waals surface area (Å²) in [5, 5.41) is 9.84. The van der Waals surface area contributed by atoms with Crippen LogP contribution in [0.2, 0.25) is 0 Å². The first-order valence-electron chi connectivity index (χ1n) is 6.49. The van der Waals surface area contributed by atoms with Gasteiger partial charge in [0.25, 0.3) is 0 Å². The minimum Gasteiger partial charge on any atom is -0.476 e. The van der Waals surface area contributed by atoms with Crippen molar-refractivity contribution >= 4 is 22.4 Å². The van der Waals surface area contributed by atoms with E-state index in [4.69, 9.17) is 5.11 Å². The molecule has 0 unspecified atom stereocenters. The summed E-state index contributed by atoms with van der Waals surface area (Å²) in [6, 6.07) is 0. The molecule has 0 radical (unpaired) electrons. The van der Waals surface area contributed by atoms with E-state index in [-0.39, 0.29) is 5.69 Å². The van der Waals surface area contributed by atoms with Crippen LogP contribution in [0.25, 0.3) is 0 Å². The molecule has 2 rings (SSSR count). The first kappa shape index (κ1) is 13.3. The number of aromatic carboxylic acids is 1. The zero-order valence-electron chi connectivity index (χ0n) is 11.0. The van der Waals surface area contributed by atoms with Gasteiger partial charge in [-0.05, 0) is 25.7 Å². The maximum Gasteiger partial charge on any atom is 0.355 e. The Kier molecular flexibility index (Phi) is 4.22. The van der Waals surface area contributed by atoms with Crippen LogP contribution in [0.15, 0.2) is 0 Å². The molecule has 0 atom stereocenters.